The Kier molecular flexibility index (Phi) is 2.21. The zero-order chi connectivity index (χ0) is 10.0. The zero-order valence-corrected chi connectivity index (χ0v) is 7.13. The Morgan fingerprint density at radius 2 is 2.00 bits per heavy atom. The molecule has 7 nitrogen and oxygen atoms in total. The molecule has 0 N–H and O–H groups in total. The third-order valence-electron chi connectivity index (χ3n) is 1.65. The number of aromatic nitrogens is 2. The van der Waals surface area contributed by atoms with Crippen LogP contribution < -0.4 is 11.2 Å². The van der Waals surface area contributed by atoms with Gasteiger partial charge in [0.15, 0.2) is 0 Å². The maximum absolute atomic E-state index is 11.2. The summed E-state index contributed by atoms with van der Waals surface area (Å²) in [6.07, 6.45) is 0. The maximum Gasteiger partial charge on any atom is 0.330 e. The summed E-state index contributed by atoms with van der Waals surface area (Å²) < 4.78 is 2.03. The van der Waals surface area contributed by atoms with Crippen molar-refractivity contribution in [1.29, 1.82) is 0 Å². The van der Waals surface area contributed by atoms with Gasteiger partial charge >= 0.3 is 5.69 Å². The summed E-state index contributed by atoms with van der Waals surface area (Å²) in [5.41, 5.74) is 7.12. The summed E-state index contributed by atoms with van der Waals surface area (Å²) in [7, 11) is 2.77. The van der Waals surface area contributed by atoms with Crippen molar-refractivity contribution in [3.05, 3.63) is 37.3 Å². The summed E-state index contributed by atoms with van der Waals surface area (Å²) in [6, 6.07) is 1.10. The van der Waals surface area contributed by atoms with Gasteiger partial charge in [-0.2, -0.15) is 0 Å². The Balaban J connectivity index is 3.69. The standard InChI is InChI=1S/C6H7N5O2/c1-10-4(8-9-7)3-5(12)11(2)6(10)13/h3H,1-2H3. The average Bonchev–Trinajstić information content (AvgIpc) is 2.11. The van der Waals surface area contributed by atoms with Crippen LogP contribution in [0, 0.1) is 0 Å². The van der Waals surface area contributed by atoms with E-state index in [4.69, 9.17) is 5.53 Å². The van der Waals surface area contributed by atoms with Crippen molar-refractivity contribution in [2.45, 2.75) is 0 Å². The van der Waals surface area contributed by atoms with Crippen LogP contribution in [0.2, 0.25) is 0 Å². The molecule has 1 aromatic rings. The van der Waals surface area contributed by atoms with Crippen LogP contribution in [0.15, 0.2) is 20.8 Å². The molecular weight excluding hydrogens is 174 g/mol. The fourth-order valence-corrected chi connectivity index (χ4v) is 0.863. The fourth-order valence-electron chi connectivity index (χ4n) is 0.863. The second-order valence-electron chi connectivity index (χ2n) is 2.43. The highest BCUT2D eigenvalue weighted by atomic mass is 16.2. The van der Waals surface area contributed by atoms with E-state index in [1.165, 1.54) is 14.1 Å². The van der Waals surface area contributed by atoms with Gasteiger partial charge in [0, 0.05) is 25.1 Å². The Morgan fingerprint density at radius 1 is 1.38 bits per heavy atom. The molecule has 68 valence electrons. The molecule has 0 saturated carbocycles. The van der Waals surface area contributed by atoms with Crippen LogP contribution in [0.25, 0.3) is 10.4 Å². The van der Waals surface area contributed by atoms with Crippen molar-refractivity contribution in [2.75, 3.05) is 0 Å². The molecule has 0 aromatic carbocycles. The van der Waals surface area contributed by atoms with Crippen molar-refractivity contribution < 1.29 is 0 Å². The molecule has 13 heavy (non-hydrogen) atoms. The quantitative estimate of drug-likeness (QED) is 0.347. The topological polar surface area (TPSA) is 92.8 Å². The predicted octanol–water partition coefficient (Wildman–Crippen LogP) is 0.0258. The zero-order valence-electron chi connectivity index (χ0n) is 7.13. The minimum Gasteiger partial charge on any atom is -0.294 e. The van der Waals surface area contributed by atoms with Crippen LogP contribution in [0.4, 0.5) is 5.82 Å². The Hall–Kier alpha value is -2.01. The molecule has 0 amide bonds. The van der Waals surface area contributed by atoms with Gasteiger partial charge in [-0.25, -0.2) is 4.79 Å². The van der Waals surface area contributed by atoms with Crippen molar-refractivity contribution >= 4 is 5.82 Å². The summed E-state index contributed by atoms with van der Waals surface area (Å²) in [4.78, 5) is 24.8. The van der Waals surface area contributed by atoms with Gasteiger partial charge < -0.3 is 0 Å². The molecule has 0 aliphatic rings. The summed E-state index contributed by atoms with van der Waals surface area (Å²) in [5.74, 6) is 0.00981. The van der Waals surface area contributed by atoms with E-state index < -0.39 is 11.2 Å². The summed E-state index contributed by atoms with van der Waals surface area (Å²) in [5, 5.41) is 3.20. The third-order valence-corrected chi connectivity index (χ3v) is 1.65. The molecule has 0 spiro atoms. The largest absolute Gasteiger partial charge is 0.330 e. The van der Waals surface area contributed by atoms with Crippen molar-refractivity contribution in [3.63, 3.8) is 0 Å². The van der Waals surface area contributed by atoms with Crippen LogP contribution in [-0.4, -0.2) is 9.13 Å². The van der Waals surface area contributed by atoms with E-state index in [1.54, 1.807) is 0 Å². The van der Waals surface area contributed by atoms with Crippen LogP contribution in [-0.2, 0) is 14.1 Å². The van der Waals surface area contributed by atoms with Gasteiger partial charge in [-0.3, -0.25) is 13.9 Å². The molecule has 0 fully saturated rings. The highest BCUT2D eigenvalue weighted by Crippen LogP contribution is 2.02. The van der Waals surface area contributed by atoms with Gasteiger partial charge in [-0.1, -0.05) is 0 Å². The van der Waals surface area contributed by atoms with Gasteiger partial charge in [0.05, 0.1) is 0 Å². The van der Waals surface area contributed by atoms with Gasteiger partial charge in [0.25, 0.3) is 5.56 Å². The minimum atomic E-state index is -0.519. The lowest BCUT2D eigenvalue weighted by atomic mass is 10.5. The summed E-state index contributed by atoms with van der Waals surface area (Å²) >= 11 is 0. The average molecular weight is 181 g/mol. The first-order valence-corrected chi connectivity index (χ1v) is 3.40. The first kappa shape index (κ1) is 9.08. The molecule has 0 radical (unpaired) electrons. The second kappa shape index (κ2) is 3.16. The second-order valence-corrected chi connectivity index (χ2v) is 2.43. The van der Waals surface area contributed by atoms with Crippen molar-refractivity contribution in [1.82, 2.24) is 9.13 Å². The smallest absolute Gasteiger partial charge is 0.294 e. The van der Waals surface area contributed by atoms with Gasteiger partial charge in [0.1, 0.15) is 5.82 Å². The predicted molar refractivity (Wildman–Crippen MR) is 45.7 cm³/mol. The molecule has 0 saturated heterocycles. The van der Waals surface area contributed by atoms with Crippen LogP contribution in [0.3, 0.4) is 0 Å². The van der Waals surface area contributed by atoms with E-state index in [9.17, 15) is 9.59 Å². The van der Waals surface area contributed by atoms with Crippen LogP contribution in [0.1, 0.15) is 0 Å². The van der Waals surface area contributed by atoms with Crippen LogP contribution in [0.5, 0.6) is 0 Å². The highest BCUT2D eigenvalue weighted by Gasteiger charge is 2.02. The van der Waals surface area contributed by atoms with E-state index in [2.05, 4.69) is 10.0 Å². The SMILES string of the molecule is Cn1c(N=[N+]=[N-])cc(=O)n(C)c1=O. The minimum absolute atomic E-state index is 0.00981. The van der Waals surface area contributed by atoms with E-state index >= 15 is 0 Å². The van der Waals surface area contributed by atoms with Gasteiger partial charge in [-0.15, -0.1) is 0 Å². The lowest BCUT2D eigenvalue weighted by Crippen LogP contribution is -2.35. The van der Waals surface area contributed by atoms with Crippen molar-refractivity contribution in [3.8, 4) is 0 Å². The first-order chi connectivity index (χ1) is 6.07. The van der Waals surface area contributed by atoms with E-state index in [0.717, 1.165) is 15.2 Å². The molecule has 7 heteroatoms. The molecule has 0 aliphatic carbocycles. The Bertz CT molecular complexity index is 491. The lowest BCUT2D eigenvalue weighted by Gasteiger charge is -2.03. The number of nitrogens with zero attached hydrogens (tertiary/aromatic N) is 5. The molecule has 1 rings (SSSR count). The maximum atomic E-state index is 11.2. The normalized spacial score (nSPS) is 9.38. The number of hydrogen-bond donors (Lipinski definition) is 0. The van der Waals surface area contributed by atoms with Crippen molar-refractivity contribution in [2.24, 2.45) is 19.2 Å². The Morgan fingerprint density at radius 3 is 2.54 bits per heavy atom. The van der Waals surface area contributed by atoms with Crippen LogP contribution >= 0.6 is 0 Å². The molecule has 1 heterocycles. The molecular formula is C6H7N5O2. The first-order valence-electron chi connectivity index (χ1n) is 3.40. The number of azide groups is 1. The summed E-state index contributed by atoms with van der Waals surface area (Å²) in [6.45, 7) is 0. The fraction of sp³-hybridized carbons (Fsp3) is 0.333. The van der Waals surface area contributed by atoms with Gasteiger partial charge in [-0.05, 0) is 10.6 Å². The molecule has 0 atom stereocenters. The number of rotatable bonds is 1. The number of hydrogen-bond acceptors (Lipinski definition) is 3. The van der Waals surface area contributed by atoms with Gasteiger partial charge in [0.2, 0.25) is 0 Å². The molecule has 0 unspecified atom stereocenters. The monoisotopic (exact) mass is 181 g/mol. The van der Waals surface area contributed by atoms with E-state index in [-0.39, 0.29) is 5.82 Å². The molecule has 1 aromatic heterocycles. The van der Waals surface area contributed by atoms with E-state index in [0.29, 0.717) is 0 Å². The third kappa shape index (κ3) is 1.45. The highest BCUT2D eigenvalue weighted by molar-refractivity contribution is 5.25. The molecule has 0 bridgehead atoms. The van der Waals surface area contributed by atoms with E-state index in [1.807, 2.05) is 0 Å². The lowest BCUT2D eigenvalue weighted by molar-refractivity contribution is 0.688. The Labute approximate surface area is 72.5 Å². The molecule has 0 aliphatic heterocycles.